The largest absolute Gasteiger partial charge is 0.388 e. The summed E-state index contributed by atoms with van der Waals surface area (Å²) in [5.41, 5.74) is 5.02. The number of hydrogen-bond acceptors (Lipinski definition) is 12. The average Bonchev–Trinajstić information content (AvgIpc) is 3.58. The van der Waals surface area contributed by atoms with Crippen LogP contribution in [0.2, 0.25) is 0 Å². The molecule has 1 saturated heterocycles. The molecule has 7 unspecified atom stereocenters. The molecule has 7 atom stereocenters. The van der Waals surface area contributed by atoms with Crippen LogP contribution in [0, 0.1) is 5.41 Å². The SMILES string of the molecule is CCC(C)(CCOC(C)(C)CCCN)CNc1ncnc2c1ncn2C1OC(CC(C)(CC)OP(=O)(O)C(O)(CC)CC)C(O)C1O. The molecule has 0 aromatic carbocycles. The van der Waals surface area contributed by atoms with E-state index in [0.29, 0.717) is 43.1 Å². The second kappa shape index (κ2) is 15.9. The maximum absolute atomic E-state index is 13.2. The Morgan fingerprint density at radius 3 is 2.30 bits per heavy atom. The van der Waals surface area contributed by atoms with Gasteiger partial charge in [-0.15, -0.1) is 0 Å². The molecule has 0 amide bonds. The van der Waals surface area contributed by atoms with Crippen LogP contribution >= 0.6 is 7.60 Å². The number of nitrogens with one attached hydrogen (secondary N) is 1. The summed E-state index contributed by atoms with van der Waals surface area (Å²) in [5, 5.41) is 34.4. The topological polar surface area (TPSA) is 207 Å². The zero-order valence-electron chi connectivity index (χ0n) is 29.5. The number of imidazole rings is 1. The monoisotopic (exact) mass is 686 g/mol. The Kier molecular flexibility index (Phi) is 13.4. The van der Waals surface area contributed by atoms with Gasteiger partial charge in [-0.25, -0.2) is 15.0 Å². The molecule has 1 fully saturated rings. The molecule has 3 rings (SSSR count). The van der Waals surface area contributed by atoms with Crippen LogP contribution in [0.25, 0.3) is 11.2 Å². The maximum atomic E-state index is 13.2. The molecule has 47 heavy (non-hydrogen) atoms. The van der Waals surface area contributed by atoms with E-state index in [9.17, 15) is 24.8 Å². The highest BCUT2D eigenvalue weighted by Gasteiger charge is 2.52. The standard InChI is InChI=1S/C32H59N6O8P/c1-9-30(7,15-17-44-29(5,6)14-13-16-33)19-34-26-23-27(36-20-35-26)38(21-37-23)28-25(40)24(39)22(45-28)18-31(8,10-2)46-47(42,43)32(41,11-3)12-4/h20-22,24-25,28,39-41H,9-19,33H2,1-8H3,(H,42,43)(H,34,35,36). The van der Waals surface area contributed by atoms with Crippen LogP contribution in [0.1, 0.15) is 113 Å². The van der Waals surface area contributed by atoms with E-state index >= 15 is 0 Å². The van der Waals surface area contributed by atoms with Gasteiger partial charge >= 0.3 is 7.60 Å². The Labute approximate surface area is 279 Å². The van der Waals surface area contributed by atoms with Crippen LogP contribution in [-0.2, 0) is 18.6 Å². The van der Waals surface area contributed by atoms with Gasteiger partial charge in [-0.05, 0) is 77.7 Å². The van der Waals surface area contributed by atoms with Gasteiger partial charge < -0.3 is 45.3 Å². The van der Waals surface area contributed by atoms with E-state index < -0.39 is 43.1 Å². The zero-order valence-corrected chi connectivity index (χ0v) is 30.4. The molecule has 0 saturated carbocycles. The van der Waals surface area contributed by atoms with Crippen molar-refractivity contribution in [2.24, 2.45) is 11.1 Å². The number of ether oxygens (including phenoxy) is 2. The van der Waals surface area contributed by atoms with Gasteiger partial charge in [0.05, 0.1) is 23.6 Å². The summed E-state index contributed by atoms with van der Waals surface area (Å²) in [4.78, 5) is 24.1. The highest BCUT2D eigenvalue weighted by molar-refractivity contribution is 7.54. The predicted molar refractivity (Wildman–Crippen MR) is 181 cm³/mol. The third kappa shape index (κ3) is 9.29. The first-order valence-electron chi connectivity index (χ1n) is 17.0. The predicted octanol–water partition coefficient (Wildman–Crippen LogP) is 4.47. The second-order valence-corrected chi connectivity index (χ2v) is 16.2. The number of hydrogen-bond donors (Lipinski definition) is 6. The van der Waals surface area contributed by atoms with Gasteiger partial charge in [0.25, 0.3) is 0 Å². The van der Waals surface area contributed by atoms with Gasteiger partial charge in [-0.2, -0.15) is 0 Å². The van der Waals surface area contributed by atoms with Crippen molar-refractivity contribution < 1.29 is 38.8 Å². The molecule has 2 aromatic rings. The molecule has 0 bridgehead atoms. The van der Waals surface area contributed by atoms with Crippen molar-refractivity contribution in [3.05, 3.63) is 12.7 Å². The lowest BCUT2D eigenvalue weighted by molar-refractivity contribution is -0.0696. The highest BCUT2D eigenvalue weighted by atomic mass is 31.2. The Bertz CT molecular complexity index is 1340. The first-order chi connectivity index (χ1) is 21.9. The van der Waals surface area contributed by atoms with Crippen LogP contribution in [0.15, 0.2) is 12.7 Å². The van der Waals surface area contributed by atoms with Crippen LogP contribution in [0.3, 0.4) is 0 Å². The van der Waals surface area contributed by atoms with Crippen molar-refractivity contribution >= 4 is 24.6 Å². The van der Waals surface area contributed by atoms with Crippen molar-refractivity contribution in [1.29, 1.82) is 0 Å². The number of aliphatic hydroxyl groups is 3. The third-order valence-electron chi connectivity index (χ3n) is 10.1. The molecule has 270 valence electrons. The summed E-state index contributed by atoms with van der Waals surface area (Å²) in [7, 11) is -4.48. The molecule has 3 heterocycles. The van der Waals surface area contributed by atoms with Crippen LogP contribution in [0.5, 0.6) is 0 Å². The minimum atomic E-state index is -4.48. The van der Waals surface area contributed by atoms with E-state index in [-0.39, 0.29) is 30.3 Å². The molecule has 1 aliphatic rings. The van der Waals surface area contributed by atoms with E-state index in [4.69, 9.17) is 19.7 Å². The van der Waals surface area contributed by atoms with E-state index in [1.807, 2.05) is 0 Å². The molecule has 0 aliphatic carbocycles. The van der Waals surface area contributed by atoms with Crippen LogP contribution in [0.4, 0.5) is 5.82 Å². The quantitative estimate of drug-likeness (QED) is 0.106. The van der Waals surface area contributed by atoms with E-state index in [1.54, 1.807) is 32.3 Å². The number of nitrogens with zero attached hydrogens (tertiary/aromatic N) is 4. The Balaban J connectivity index is 1.74. The highest BCUT2D eigenvalue weighted by Crippen LogP contribution is 2.60. The molecule has 0 radical (unpaired) electrons. The summed E-state index contributed by atoms with van der Waals surface area (Å²) >= 11 is 0. The number of fused-ring (bicyclic) bond motifs is 1. The number of aromatic nitrogens is 4. The van der Waals surface area contributed by atoms with Crippen molar-refractivity contribution in [2.75, 3.05) is 25.0 Å². The average molecular weight is 687 g/mol. The molecule has 0 spiro atoms. The number of anilines is 1. The number of rotatable bonds is 20. The van der Waals surface area contributed by atoms with Gasteiger partial charge in [0.1, 0.15) is 18.5 Å². The summed E-state index contributed by atoms with van der Waals surface area (Å²) in [6.45, 7) is 17.1. The van der Waals surface area contributed by atoms with Gasteiger partial charge in [-0.3, -0.25) is 9.13 Å². The van der Waals surface area contributed by atoms with Crippen molar-refractivity contribution in [2.45, 2.75) is 148 Å². The fourth-order valence-electron chi connectivity index (χ4n) is 5.86. The van der Waals surface area contributed by atoms with Gasteiger partial charge in [-0.1, -0.05) is 34.6 Å². The van der Waals surface area contributed by atoms with E-state index in [2.05, 4.69) is 48.0 Å². The Morgan fingerprint density at radius 2 is 1.70 bits per heavy atom. The van der Waals surface area contributed by atoms with Gasteiger partial charge in [0.15, 0.2) is 28.6 Å². The minimum Gasteiger partial charge on any atom is -0.388 e. The second-order valence-electron chi connectivity index (χ2n) is 14.2. The lowest BCUT2D eigenvalue weighted by atomic mass is 9.84. The van der Waals surface area contributed by atoms with E-state index in [1.165, 1.54) is 12.7 Å². The molecule has 14 nitrogen and oxygen atoms in total. The normalized spacial score (nSPS) is 24.6. The number of aliphatic hydroxyl groups excluding tert-OH is 2. The minimum absolute atomic E-state index is 0.00970. The molecular formula is C32H59N6O8P. The van der Waals surface area contributed by atoms with Crippen molar-refractivity contribution in [3.63, 3.8) is 0 Å². The molecular weight excluding hydrogens is 627 g/mol. The molecule has 2 aromatic heterocycles. The van der Waals surface area contributed by atoms with Gasteiger partial charge in [0.2, 0.25) is 0 Å². The summed E-state index contributed by atoms with van der Waals surface area (Å²) in [6, 6.07) is 0. The lowest BCUT2D eigenvalue weighted by Gasteiger charge is -2.38. The summed E-state index contributed by atoms with van der Waals surface area (Å²) < 4.78 is 32.8. The molecule has 1 aliphatic heterocycles. The first-order valence-corrected chi connectivity index (χ1v) is 18.5. The Hall–Kier alpha value is -1.74. The van der Waals surface area contributed by atoms with Crippen molar-refractivity contribution in [1.82, 2.24) is 19.5 Å². The smallest absolute Gasteiger partial charge is 0.359 e. The van der Waals surface area contributed by atoms with Crippen LogP contribution < -0.4 is 11.1 Å². The summed E-state index contributed by atoms with van der Waals surface area (Å²) in [5.74, 6) is 0.534. The van der Waals surface area contributed by atoms with E-state index in [0.717, 1.165) is 25.7 Å². The van der Waals surface area contributed by atoms with Crippen molar-refractivity contribution in [3.8, 4) is 0 Å². The molecule has 7 N–H and O–H groups in total. The fourth-order valence-corrected chi connectivity index (χ4v) is 7.63. The van der Waals surface area contributed by atoms with Gasteiger partial charge in [0, 0.05) is 19.6 Å². The maximum Gasteiger partial charge on any atom is 0.359 e. The number of nitrogens with two attached hydrogens (primary N) is 1. The lowest BCUT2D eigenvalue weighted by Crippen LogP contribution is -2.40. The third-order valence-corrected chi connectivity index (χ3v) is 12.4. The Morgan fingerprint density at radius 1 is 1.02 bits per heavy atom. The fraction of sp³-hybridized carbons (Fsp3) is 0.844. The zero-order chi connectivity index (χ0) is 35.3. The van der Waals surface area contributed by atoms with Crippen LogP contribution in [-0.4, -0.2) is 94.3 Å². The molecule has 15 heteroatoms. The summed E-state index contributed by atoms with van der Waals surface area (Å²) in [6.07, 6.45) is 2.19. The first kappa shape index (κ1) is 39.7.